The zero-order chi connectivity index (χ0) is 13.0. The Bertz CT molecular complexity index is 428. The van der Waals surface area contributed by atoms with E-state index in [9.17, 15) is 9.90 Å². The second-order valence-electron chi connectivity index (χ2n) is 4.92. The summed E-state index contributed by atoms with van der Waals surface area (Å²) in [6.45, 7) is 0. The lowest BCUT2D eigenvalue weighted by Gasteiger charge is -2.20. The Hall–Kier alpha value is -1.22. The summed E-state index contributed by atoms with van der Waals surface area (Å²) in [5, 5.41) is 12.4. The zero-order valence-corrected chi connectivity index (χ0v) is 11.0. The predicted molar refractivity (Wildman–Crippen MR) is 72.9 cm³/mol. The van der Waals surface area contributed by atoms with Crippen LogP contribution in [0.4, 0.5) is 5.69 Å². The molecule has 0 heterocycles. The van der Waals surface area contributed by atoms with E-state index >= 15 is 0 Å². The van der Waals surface area contributed by atoms with Gasteiger partial charge >= 0.3 is 0 Å². The first-order valence-electron chi connectivity index (χ1n) is 6.43. The summed E-state index contributed by atoms with van der Waals surface area (Å²) >= 11 is 5.94. The van der Waals surface area contributed by atoms with Crippen LogP contribution in [0.3, 0.4) is 0 Å². The van der Waals surface area contributed by atoms with Gasteiger partial charge in [0.2, 0.25) is 5.91 Å². The molecule has 18 heavy (non-hydrogen) atoms. The number of halogens is 1. The van der Waals surface area contributed by atoms with Crippen molar-refractivity contribution in [3.05, 3.63) is 23.2 Å². The number of anilines is 1. The average Bonchev–Trinajstić information content (AvgIpc) is 2.34. The van der Waals surface area contributed by atoms with E-state index in [2.05, 4.69) is 5.32 Å². The molecule has 0 aliphatic heterocycles. The van der Waals surface area contributed by atoms with Crippen LogP contribution < -0.4 is 5.32 Å². The highest BCUT2D eigenvalue weighted by Gasteiger charge is 2.17. The number of benzene rings is 1. The second kappa shape index (κ2) is 6.10. The first-order chi connectivity index (χ1) is 8.65. The third kappa shape index (κ3) is 3.64. The monoisotopic (exact) mass is 267 g/mol. The number of hydrogen-bond donors (Lipinski definition) is 2. The molecule has 0 atom stereocenters. The molecule has 0 spiro atoms. The quantitative estimate of drug-likeness (QED) is 0.815. The summed E-state index contributed by atoms with van der Waals surface area (Å²) in [7, 11) is 0. The average molecular weight is 268 g/mol. The predicted octanol–water partition coefficient (Wildman–Crippen LogP) is 3.95. The molecule has 98 valence electrons. The lowest BCUT2D eigenvalue weighted by atomic mass is 9.87. The van der Waals surface area contributed by atoms with Crippen molar-refractivity contribution in [3.8, 4) is 5.75 Å². The fraction of sp³-hybridized carbons (Fsp3) is 0.500. The Balaban J connectivity index is 1.90. The summed E-state index contributed by atoms with van der Waals surface area (Å²) in [5.41, 5.74) is 0.565. The molecule has 2 N–H and O–H groups in total. The Labute approximate surface area is 112 Å². The zero-order valence-electron chi connectivity index (χ0n) is 10.3. The molecule has 1 amide bonds. The van der Waals surface area contributed by atoms with Crippen LogP contribution in [0.25, 0.3) is 0 Å². The van der Waals surface area contributed by atoms with Crippen molar-refractivity contribution < 1.29 is 9.90 Å². The molecule has 1 fully saturated rings. The van der Waals surface area contributed by atoms with Gasteiger partial charge in [0.25, 0.3) is 0 Å². The van der Waals surface area contributed by atoms with Gasteiger partial charge in [-0.15, -0.1) is 0 Å². The molecule has 0 unspecified atom stereocenters. The van der Waals surface area contributed by atoms with E-state index in [0.717, 1.165) is 12.8 Å². The van der Waals surface area contributed by atoms with Crippen LogP contribution in [-0.2, 0) is 4.79 Å². The third-order valence-corrected chi connectivity index (χ3v) is 3.74. The van der Waals surface area contributed by atoms with Gasteiger partial charge in [0.1, 0.15) is 5.75 Å². The highest BCUT2D eigenvalue weighted by molar-refractivity contribution is 6.33. The molecule has 1 aromatic carbocycles. The van der Waals surface area contributed by atoms with Crippen molar-refractivity contribution in [2.75, 3.05) is 5.32 Å². The van der Waals surface area contributed by atoms with Crippen molar-refractivity contribution in [2.24, 2.45) is 5.92 Å². The van der Waals surface area contributed by atoms with Crippen LogP contribution in [0.15, 0.2) is 18.2 Å². The summed E-state index contributed by atoms with van der Waals surface area (Å²) in [6, 6.07) is 4.57. The normalized spacial score (nSPS) is 16.5. The molecule has 3 nitrogen and oxygen atoms in total. The minimum atomic E-state index is 0.00879. The first-order valence-corrected chi connectivity index (χ1v) is 6.81. The van der Waals surface area contributed by atoms with E-state index in [1.54, 1.807) is 6.07 Å². The second-order valence-corrected chi connectivity index (χ2v) is 5.33. The van der Waals surface area contributed by atoms with Crippen LogP contribution in [0, 0.1) is 5.92 Å². The van der Waals surface area contributed by atoms with Crippen LogP contribution in [-0.4, -0.2) is 11.0 Å². The molecular weight excluding hydrogens is 250 g/mol. The first kappa shape index (κ1) is 13.2. The maximum atomic E-state index is 11.9. The SMILES string of the molecule is O=C(CC1CCCCC1)Nc1ccc(O)cc1Cl. The van der Waals surface area contributed by atoms with Gasteiger partial charge in [0.05, 0.1) is 10.7 Å². The van der Waals surface area contributed by atoms with Crippen LogP contribution in [0.1, 0.15) is 38.5 Å². The molecular formula is C14H18ClNO2. The molecule has 2 rings (SSSR count). The van der Waals surface area contributed by atoms with E-state index in [-0.39, 0.29) is 11.7 Å². The molecule has 1 aliphatic carbocycles. The van der Waals surface area contributed by atoms with E-state index in [1.165, 1.54) is 31.4 Å². The number of rotatable bonds is 3. The van der Waals surface area contributed by atoms with Gasteiger partial charge in [-0.1, -0.05) is 30.9 Å². The van der Waals surface area contributed by atoms with Gasteiger partial charge in [-0.05, 0) is 30.9 Å². The maximum Gasteiger partial charge on any atom is 0.224 e. The topological polar surface area (TPSA) is 49.3 Å². The van der Waals surface area contributed by atoms with Crippen LogP contribution in [0.2, 0.25) is 5.02 Å². The number of aromatic hydroxyl groups is 1. The standard InChI is InChI=1S/C14H18ClNO2/c15-12-9-11(17)6-7-13(12)16-14(18)8-10-4-2-1-3-5-10/h6-7,9-10,17H,1-5,8H2,(H,16,18). The van der Waals surface area contributed by atoms with Crippen LogP contribution in [0.5, 0.6) is 5.75 Å². The van der Waals surface area contributed by atoms with Crippen molar-refractivity contribution in [2.45, 2.75) is 38.5 Å². The molecule has 1 aliphatic rings. The van der Waals surface area contributed by atoms with Crippen molar-refractivity contribution in [1.82, 2.24) is 0 Å². The number of phenolic OH excluding ortho intramolecular Hbond substituents is 1. The molecule has 4 heteroatoms. The Morgan fingerprint density at radius 1 is 1.33 bits per heavy atom. The smallest absolute Gasteiger partial charge is 0.224 e. The molecule has 0 radical (unpaired) electrons. The summed E-state index contributed by atoms with van der Waals surface area (Å²) in [6.07, 6.45) is 6.63. The van der Waals surface area contributed by atoms with Crippen molar-refractivity contribution in [1.29, 1.82) is 0 Å². The molecule has 0 bridgehead atoms. The summed E-state index contributed by atoms with van der Waals surface area (Å²) in [5.74, 6) is 0.620. The minimum Gasteiger partial charge on any atom is -0.508 e. The third-order valence-electron chi connectivity index (χ3n) is 3.43. The maximum absolute atomic E-state index is 11.9. The van der Waals surface area contributed by atoms with Crippen molar-refractivity contribution >= 4 is 23.2 Å². The molecule has 0 aromatic heterocycles. The van der Waals surface area contributed by atoms with Crippen molar-refractivity contribution in [3.63, 3.8) is 0 Å². The van der Waals surface area contributed by atoms with Gasteiger partial charge < -0.3 is 10.4 Å². The Kier molecular flexibility index (Phi) is 4.48. The van der Waals surface area contributed by atoms with E-state index in [0.29, 0.717) is 23.0 Å². The van der Waals surface area contributed by atoms with Gasteiger partial charge in [0.15, 0.2) is 0 Å². The van der Waals surface area contributed by atoms with Gasteiger partial charge in [-0.3, -0.25) is 4.79 Å². The fourth-order valence-corrected chi connectivity index (χ4v) is 2.68. The van der Waals surface area contributed by atoms with Crippen LogP contribution >= 0.6 is 11.6 Å². The van der Waals surface area contributed by atoms with E-state index in [4.69, 9.17) is 11.6 Å². The molecule has 1 aromatic rings. The highest BCUT2D eigenvalue weighted by Crippen LogP contribution is 2.29. The van der Waals surface area contributed by atoms with E-state index < -0.39 is 0 Å². The van der Waals surface area contributed by atoms with Gasteiger partial charge in [-0.2, -0.15) is 0 Å². The number of carbonyl (C=O) groups is 1. The van der Waals surface area contributed by atoms with Gasteiger partial charge in [-0.25, -0.2) is 0 Å². The van der Waals surface area contributed by atoms with E-state index in [1.807, 2.05) is 0 Å². The summed E-state index contributed by atoms with van der Waals surface area (Å²) < 4.78 is 0. The summed E-state index contributed by atoms with van der Waals surface area (Å²) in [4.78, 5) is 11.9. The fourth-order valence-electron chi connectivity index (χ4n) is 2.46. The number of hydrogen-bond acceptors (Lipinski definition) is 2. The Morgan fingerprint density at radius 3 is 2.72 bits per heavy atom. The molecule has 1 saturated carbocycles. The molecule has 0 saturated heterocycles. The highest BCUT2D eigenvalue weighted by atomic mass is 35.5. The van der Waals surface area contributed by atoms with Gasteiger partial charge in [0, 0.05) is 12.5 Å². The number of amides is 1. The lowest BCUT2D eigenvalue weighted by Crippen LogP contribution is -2.18. The largest absolute Gasteiger partial charge is 0.508 e. The number of carbonyl (C=O) groups excluding carboxylic acids is 1. The number of phenols is 1. The number of nitrogens with one attached hydrogen (secondary N) is 1. The minimum absolute atomic E-state index is 0.00879. The Morgan fingerprint density at radius 2 is 2.06 bits per heavy atom. The lowest BCUT2D eigenvalue weighted by molar-refractivity contribution is -0.117.